The lowest BCUT2D eigenvalue weighted by atomic mass is 10.0. The first-order chi connectivity index (χ1) is 13.3. The van der Waals surface area contributed by atoms with E-state index in [1.165, 1.54) is 69.9 Å². The van der Waals surface area contributed by atoms with Gasteiger partial charge in [0.15, 0.2) is 0 Å². The highest BCUT2D eigenvalue weighted by Crippen LogP contribution is 2.29. The van der Waals surface area contributed by atoms with E-state index in [9.17, 15) is 18.0 Å². The van der Waals surface area contributed by atoms with Gasteiger partial charge in [-0.15, -0.1) is 0 Å². The Morgan fingerprint density at radius 3 is 1.79 bits per heavy atom. The first-order valence-electron chi connectivity index (χ1n) is 10.7. The second-order valence-corrected chi connectivity index (χ2v) is 7.62. The average molecular weight is 401 g/mol. The van der Waals surface area contributed by atoms with Crippen molar-refractivity contribution in [2.24, 2.45) is 0 Å². The lowest BCUT2D eigenvalue weighted by Gasteiger charge is -2.13. The monoisotopic (exact) mass is 400 g/mol. The molecule has 0 saturated carbocycles. The molecule has 28 heavy (non-hydrogen) atoms. The van der Waals surface area contributed by atoms with E-state index in [4.69, 9.17) is 4.74 Å². The molecule has 5 heteroatoms. The molecule has 0 N–H and O–H groups in total. The number of carbonyl (C=O) groups excluding carboxylic acids is 1. The summed E-state index contributed by atoms with van der Waals surface area (Å²) >= 11 is 0. The van der Waals surface area contributed by atoms with E-state index in [0.29, 0.717) is 0 Å². The van der Waals surface area contributed by atoms with Crippen LogP contribution in [-0.4, -0.2) is 12.1 Å². The van der Waals surface area contributed by atoms with Gasteiger partial charge in [-0.1, -0.05) is 71.1 Å². The molecule has 2 nitrogen and oxygen atoms in total. The number of unbranched alkanes of at least 4 members (excludes halogenated alkanes) is 10. The molecule has 0 bridgehead atoms. The first kappa shape index (κ1) is 24.5. The average Bonchev–Trinajstić information content (AvgIpc) is 2.65. The smallest absolute Gasteiger partial charge is 0.416 e. The fourth-order valence-electron chi connectivity index (χ4n) is 3.20. The van der Waals surface area contributed by atoms with Crippen LogP contribution in [0.5, 0.6) is 0 Å². The van der Waals surface area contributed by atoms with Crippen LogP contribution in [0.3, 0.4) is 0 Å². The van der Waals surface area contributed by atoms with Crippen molar-refractivity contribution in [2.75, 3.05) is 0 Å². The summed E-state index contributed by atoms with van der Waals surface area (Å²) in [5.41, 5.74) is -0.614. The lowest BCUT2D eigenvalue weighted by Crippen LogP contribution is -2.15. The predicted molar refractivity (Wildman–Crippen MR) is 107 cm³/mol. The molecule has 0 saturated heterocycles. The summed E-state index contributed by atoms with van der Waals surface area (Å²) in [5, 5.41) is 0. The third kappa shape index (κ3) is 10.7. The molecule has 1 rings (SSSR count). The molecule has 1 aromatic carbocycles. The number of hydrogen-bond acceptors (Lipinski definition) is 2. The number of carbonyl (C=O) groups is 1. The van der Waals surface area contributed by atoms with Crippen molar-refractivity contribution >= 4 is 5.97 Å². The SMILES string of the molecule is CCCCCCCCCCCCCC(C)OC(=O)c1ccc(C(F)(F)F)cc1. The predicted octanol–water partition coefficient (Wildman–Crippen LogP) is 7.95. The van der Waals surface area contributed by atoms with Crippen LogP contribution in [0.25, 0.3) is 0 Å². The van der Waals surface area contributed by atoms with Crippen molar-refractivity contribution in [1.29, 1.82) is 0 Å². The Morgan fingerprint density at radius 2 is 1.32 bits per heavy atom. The summed E-state index contributed by atoms with van der Waals surface area (Å²) in [6.07, 6.45) is 10.1. The normalized spacial score (nSPS) is 12.8. The molecular formula is C23H35F3O2. The van der Waals surface area contributed by atoms with Gasteiger partial charge in [0.05, 0.1) is 17.2 Å². The van der Waals surface area contributed by atoms with Gasteiger partial charge in [0.2, 0.25) is 0 Å². The van der Waals surface area contributed by atoms with E-state index in [0.717, 1.165) is 31.4 Å². The van der Waals surface area contributed by atoms with Gasteiger partial charge in [0.25, 0.3) is 0 Å². The Labute approximate surface area is 167 Å². The van der Waals surface area contributed by atoms with Crippen molar-refractivity contribution in [2.45, 2.75) is 103 Å². The van der Waals surface area contributed by atoms with E-state index in [1.54, 1.807) is 0 Å². The van der Waals surface area contributed by atoms with Crippen molar-refractivity contribution in [3.63, 3.8) is 0 Å². The van der Waals surface area contributed by atoms with Crippen LogP contribution in [0.1, 0.15) is 107 Å². The van der Waals surface area contributed by atoms with Crippen LogP contribution in [0.2, 0.25) is 0 Å². The van der Waals surface area contributed by atoms with Crippen molar-refractivity contribution < 1.29 is 22.7 Å². The van der Waals surface area contributed by atoms with Gasteiger partial charge in [-0.25, -0.2) is 4.79 Å². The van der Waals surface area contributed by atoms with Crippen molar-refractivity contribution in [3.05, 3.63) is 35.4 Å². The maximum atomic E-state index is 12.5. The minimum Gasteiger partial charge on any atom is -0.459 e. The quantitative estimate of drug-likeness (QED) is 0.234. The van der Waals surface area contributed by atoms with Crippen LogP contribution >= 0.6 is 0 Å². The molecule has 0 fully saturated rings. The molecule has 0 aliphatic heterocycles. The fourth-order valence-corrected chi connectivity index (χ4v) is 3.20. The molecule has 160 valence electrons. The molecule has 1 aromatic rings. The summed E-state index contributed by atoms with van der Waals surface area (Å²) in [6, 6.07) is 4.15. The van der Waals surface area contributed by atoms with Gasteiger partial charge in [-0.05, 0) is 44.0 Å². The van der Waals surface area contributed by atoms with Crippen LogP contribution in [-0.2, 0) is 10.9 Å². The van der Waals surface area contributed by atoms with Crippen LogP contribution in [0.15, 0.2) is 24.3 Å². The maximum absolute atomic E-state index is 12.5. The van der Waals surface area contributed by atoms with Gasteiger partial charge < -0.3 is 4.74 Å². The molecule has 0 aromatic heterocycles. The number of rotatable bonds is 14. The Hall–Kier alpha value is -1.52. The van der Waals surface area contributed by atoms with Crippen LogP contribution in [0, 0.1) is 0 Å². The number of ether oxygens (including phenoxy) is 1. The molecule has 0 amide bonds. The summed E-state index contributed by atoms with van der Waals surface area (Å²) in [6.45, 7) is 4.06. The number of hydrogen-bond donors (Lipinski definition) is 0. The van der Waals surface area contributed by atoms with Gasteiger partial charge >= 0.3 is 12.1 Å². The molecular weight excluding hydrogens is 365 g/mol. The third-order valence-electron chi connectivity index (χ3n) is 4.97. The zero-order valence-corrected chi connectivity index (χ0v) is 17.3. The van der Waals surface area contributed by atoms with E-state index < -0.39 is 17.7 Å². The highest BCUT2D eigenvalue weighted by atomic mass is 19.4. The third-order valence-corrected chi connectivity index (χ3v) is 4.97. The topological polar surface area (TPSA) is 26.3 Å². The minimum absolute atomic E-state index is 0.152. The second-order valence-electron chi connectivity index (χ2n) is 7.62. The number of halogens is 3. The molecule has 0 aliphatic carbocycles. The Balaban J connectivity index is 2.10. The molecule has 1 unspecified atom stereocenters. The lowest BCUT2D eigenvalue weighted by molar-refractivity contribution is -0.137. The van der Waals surface area contributed by atoms with Gasteiger partial charge in [-0.3, -0.25) is 0 Å². The summed E-state index contributed by atoms with van der Waals surface area (Å²) in [7, 11) is 0. The molecule has 0 radical (unpaired) electrons. The Bertz CT molecular complexity index is 538. The highest BCUT2D eigenvalue weighted by molar-refractivity contribution is 5.89. The van der Waals surface area contributed by atoms with Gasteiger partial charge in [-0.2, -0.15) is 13.2 Å². The van der Waals surface area contributed by atoms with E-state index in [-0.39, 0.29) is 11.7 Å². The second kappa shape index (κ2) is 13.6. The van der Waals surface area contributed by atoms with Crippen molar-refractivity contribution in [3.8, 4) is 0 Å². The van der Waals surface area contributed by atoms with E-state index in [2.05, 4.69) is 6.92 Å². The fraction of sp³-hybridized carbons (Fsp3) is 0.696. The standard InChI is InChI=1S/C23H35F3O2/c1-3-4-5-6-7-8-9-10-11-12-13-14-19(2)28-22(27)20-15-17-21(18-16-20)23(24,25)26/h15-19H,3-14H2,1-2H3. The molecule has 0 heterocycles. The number of benzene rings is 1. The largest absolute Gasteiger partial charge is 0.459 e. The van der Waals surface area contributed by atoms with Crippen molar-refractivity contribution in [1.82, 2.24) is 0 Å². The summed E-state index contributed by atoms with van der Waals surface area (Å²) in [4.78, 5) is 12.0. The first-order valence-corrected chi connectivity index (χ1v) is 10.7. The molecule has 0 aliphatic rings. The molecule has 0 spiro atoms. The van der Waals surface area contributed by atoms with E-state index in [1.807, 2.05) is 6.92 Å². The van der Waals surface area contributed by atoms with Crippen LogP contribution in [0.4, 0.5) is 13.2 Å². The van der Waals surface area contributed by atoms with E-state index >= 15 is 0 Å². The molecule has 1 atom stereocenters. The maximum Gasteiger partial charge on any atom is 0.416 e. The Morgan fingerprint density at radius 1 is 0.857 bits per heavy atom. The minimum atomic E-state index is -4.40. The number of esters is 1. The van der Waals surface area contributed by atoms with Crippen LogP contribution < -0.4 is 0 Å². The zero-order chi connectivity index (χ0) is 20.8. The number of alkyl halides is 3. The zero-order valence-electron chi connectivity index (χ0n) is 17.3. The summed E-state index contributed by atoms with van der Waals surface area (Å²) in [5.74, 6) is -0.565. The summed E-state index contributed by atoms with van der Waals surface area (Å²) < 4.78 is 43.0. The Kier molecular flexibility index (Phi) is 11.9. The highest BCUT2D eigenvalue weighted by Gasteiger charge is 2.30. The van der Waals surface area contributed by atoms with Gasteiger partial charge in [0, 0.05) is 0 Å². The van der Waals surface area contributed by atoms with Gasteiger partial charge in [0.1, 0.15) is 0 Å².